The van der Waals surface area contributed by atoms with Crippen LogP contribution >= 0.6 is 0 Å². The number of hydrogen-bond acceptors (Lipinski definition) is 4. The van der Waals surface area contributed by atoms with Crippen LogP contribution in [0.2, 0.25) is 0 Å². The SMILES string of the molecule is Cc1ccc2c(c1)c1cc(C)ccc1n2-c1ccc(-c2cc(-c3ccccc3-c3cccc(C)n3)c(-c3ccccc3-n3c4ccc(C#N)cc4c4cc(C#N)ccc43)c(-c3ccc(-n4c5ccc(C)cc5c5cc(C)ccc54)cc3)n2)cc1. The van der Waals surface area contributed by atoms with E-state index in [2.05, 4.69) is 242 Å². The smallest absolute Gasteiger partial charge is 0.0991 e. The lowest BCUT2D eigenvalue weighted by Gasteiger charge is -2.22. The van der Waals surface area contributed by atoms with E-state index >= 15 is 0 Å². The molecular formula is C77H53N7. The molecule has 10 aromatic carbocycles. The van der Waals surface area contributed by atoms with Gasteiger partial charge >= 0.3 is 0 Å². The van der Waals surface area contributed by atoms with Crippen LogP contribution in [0.4, 0.5) is 0 Å². The van der Waals surface area contributed by atoms with E-state index < -0.39 is 0 Å². The summed E-state index contributed by atoms with van der Waals surface area (Å²) < 4.78 is 7.03. The summed E-state index contributed by atoms with van der Waals surface area (Å²) in [5.41, 5.74) is 25.7. The lowest BCUT2D eigenvalue weighted by atomic mass is 9.86. The van der Waals surface area contributed by atoms with Gasteiger partial charge in [0.25, 0.3) is 0 Å². The predicted molar refractivity (Wildman–Crippen MR) is 345 cm³/mol. The summed E-state index contributed by atoms with van der Waals surface area (Å²) in [6.07, 6.45) is 0. The second kappa shape index (κ2) is 19.6. The number of hydrogen-bond donors (Lipinski definition) is 0. The second-order valence-corrected chi connectivity index (χ2v) is 22.4. The van der Waals surface area contributed by atoms with E-state index in [9.17, 15) is 10.5 Å². The number of pyridine rings is 2. The Morgan fingerprint density at radius 2 is 0.750 bits per heavy atom. The Kier molecular flexibility index (Phi) is 11.6. The molecule has 0 saturated heterocycles. The number of nitriles is 2. The van der Waals surface area contributed by atoms with Gasteiger partial charge in [-0.3, -0.25) is 4.98 Å². The molecule has 396 valence electrons. The number of rotatable bonds is 8. The molecule has 0 aliphatic carbocycles. The Hall–Kier alpha value is -11.1. The molecule has 15 aromatic rings. The molecule has 0 aliphatic heterocycles. The van der Waals surface area contributed by atoms with Crippen LogP contribution in [0.1, 0.15) is 39.1 Å². The summed E-state index contributed by atoms with van der Waals surface area (Å²) in [5, 5.41) is 27.1. The van der Waals surface area contributed by atoms with Gasteiger partial charge in [0.1, 0.15) is 0 Å². The summed E-state index contributed by atoms with van der Waals surface area (Å²) in [4.78, 5) is 11.0. The van der Waals surface area contributed by atoms with Crippen LogP contribution in [0.25, 0.3) is 139 Å². The molecule has 84 heavy (non-hydrogen) atoms. The van der Waals surface area contributed by atoms with Crippen molar-refractivity contribution in [2.75, 3.05) is 0 Å². The Balaban J connectivity index is 1.02. The van der Waals surface area contributed by atoms with Gasteiger partial charge in [0.15, 0.2) is 0 Å². The van der Waals surface area contributed by atoms with Crippen molar-refractivity contribution in [1.82, 2.24) is 23.7 Å². The normalized spacial score (nSPS) is 11.6. The molecular weight excluding hydrogens is 1020 g/mol. The van der Waals surface area contributed by atoms with Crippen molar-refractivity contribution in [3.8, 4) is 85.2 Å². The molecule has 0 amide bonds. The molecule has 5 aromatic heterocycles. The van der Waals surface area contributed by atoms with Crippen molar-refractivity contribution < 1.29 is 0 Å². The van der Waals surface area contributed by atoms with Crippen molar-refractivity contribution in [2.45, 2.75) is 34.6 Å². The van der Waals surface area contributed by atoms with E-state index in [1.807, 2.05) is 49.4 Å². The Labute approximate surface area is 486 Å². The number of aromatic nitrogens is 5. The zero-order valence-electron chi connectivity index (χ0n) is 47.1. The first-order valence-corrected chi connectivity index (χ1v) is 28.4. The highest BCUT2D eigenvalue weighted by molar-refractivity contribution is 6.13. The number of benzene rings is 10. The summed E-state index contributed by atoms with van der Waals surface area (Å²) >= 11 is 0. The molecule has 0 saturated carbocycles. The van der Waals surface area contributed by atoms with Crippen LogP contribution in [0, 0.1) is 57.3 Å². The molecule has 0 unspecified atom stereocenters. The van der Waals surface area contributed by atoms with Crippen molar-refractivity contribution in [1.29, 1.82) is 10.5 Å². The monoisotopic (exact) mass is 1080 g/mol. The average molecular weight is 1080 g/mol. The first-order chi connectivity index (χ1) is 41.1. The van der Waals surface area contributed by atoms with E-state index in [0.717, 1.165) is 123 Å². The first-order valence-electron chi connectivity index (χ1n) is 28.4. The summed E-state index contributed by atoms with van der Waals surface area (Å²) in [7, 11) is 0. The molecule has 0 fully saturated rings. The van der Waals surface area contributed by atoms with E-state index in [1.54, 1.807) is 0 Å². The fraction of sp³-hybridized carbons (Fsp3) is 0.0649. The molecule has 0 radical (unpaired) electrons. The molecule has 0 aliphatic rings. The molecule has 7 nitrogen and oxygen atoms in total. The fourth-order valence-electron chi connectivity index (χ4n) is 12.9. The average Bonchev–Trinajstić information content (AvgIpc) is 3.49. The van der Waals surface area contributed by atoms with Crippen molar-refractivity contribution in [2.24, 2.45) is 0 Å². The van der Waals surface area contributed by atoms with E-state index in [0.29, 0.717) is 11.1 Å². The van der Waals surface area contributed by atoms with Gasteiger partial charge in [-0.05, 0) is 179 Å². The Bertz CT molecular complexity index is 5140. The van der Waals surface area contributed by atoms with Crippen LogP contribution in [-0.2, 0) is 0 Å². The Morgan fingerprint density at radius 3 is 1.24 bits per heavy atom. The van der Waals surface area contributed by atoms with Gasteiger partial charge in [-0.25, -0.2) is 4.98 Å². The molecule has 5 heterocycles. The minimum Gasteiger partial charge on any atom is -0.309 e. The minimum absolute atomic E-state index is 0.547. The highest BCUT2D eigenvalue weighted by atomic mass is 15.0. The number of fused-ring (bicyclic) bond motifs is 9. The molecule has 7 heteroatoms. The van der Waals surface area contributed by atoms with Gasteiger partial charge in [0.05, 0.1) is 79.1 Å². The van der Waals surface area contributed by atoms with Crippen molar-refractivity contribution >= 4 is 65.4 Å². The van der Waals surface area contributed by atoms with E-state index in [1.165, 1.54) is 43.8 Å². The molecule has 0 N–H and O–H groups in total. The predicted octanol–water partition coefficient (Wildman–Crippen LogP) is 19.4. The largest absolute Gasteiger partial charge is 0.309 e. The Morgan fingerprint density at radius 1 is 0.321 bits per heavy atom. The topological polar surface area (TPSA) is 88.1 Å². The molecule has 15 rings (SSSR count). The van der Waals surface area contributed by atoms with Crippen LogP contribution < -0.4 is 0 Å². The van der Waals surface area contributed by atoms with Crippen molar-refractivity contribution in [3.05, 3.63) is 270 Å². The fourth-order valence-corrected chi connectivity index (χ4v) is 12.9. The minimum atomic E-state index is 0.547. The first kappa shape index (κ1) is 49.9. The van der Waals surface area contributed by atoms with E-state index in [4.69, 9.17) is 9.97 Å². The zero-order valence-corrected chi connectivity index (χ0v) is 47.1. The number of para-hydroxylation sites is 1. The lowest BCUT2D eigenvalue weighted by Crippen LogP contribution is -2.03. The van der Waals surface area contributed by atoms with Gasteiger partial charge in [0, 0.05) is 77.2 Å². The maximum absolute atomic E-state index is 10.2. The van der Waals surface area contributed by atoms with Gasteiger partial charge in [-0.2, -0.15) is 10.5 Å². The highest BCUT2D eigenvalue weighted by Crippen LogP contribution is 2.48. The summed E-state index contributed by atoms with van der Waals surface area (Å²) in [5.74, 6) is 0. The summed E-state index contributed by atoms with van der Waals surface area (Å²) in [6.45, 7) is 10.7. The maximum atomic E-state index is 10.2. The third-order valence-electron chi connectivity index (χ3n) is 16.8. The third kappa shape index (κ3) is 8.09. The highest BCUT2D eigenvalue weighted by Gasteiger charge is 2.26. The number of nitrogens with zero attached hydrogens (tertiary/aromatic N) is 7. The van der Waals surface area contributed by atoms with Gasteiger partial charge in [-0.15, -0.1) is 0 Å². The van der Waals surface area contributed by atoms with Crippen LogP contribution in [-0.4, -0.2) is 23.7 Å². The molecule has 0 bridgehead atoms. The van der Waals surface area contributed by atoms with Gasteiger partial charge in [-0.1, -0.05) is 119 Å². The van der Waals surface area contributed by atoms with Gasteiger partial charge < -0.3 is 13.7 Å². The maximum Gasteiger partial charge on any atom is 0.0991 e. The standard InChI is InChI=1S/C77H53N7/c1-46-17-31-70-60(37-46)61-38-47(2)18-32-71(61)82(70)55-27-23-53(24-28-55)68-43-66(57-12-6-7-13-58(57)67-15-10-11-50(5)80-67)76(59-14-8-9-16-69(59)84-74-35-21-51(44-78)41-64(74)65-42-52(45-79)22-36-75(65)84)77(81-68)54-25-29-56(30-26-54)83-72-33-19-48(3)39-62(72)63-40-49(4)20-34-73(63)83/h6-43H,1-5H3. The zero-order chi connectivity index (χ0) is 56.9. The number of aryl methyl sites for hydroxylation is 5. The summed E-state index contributed by atoms with van der Waals surface area (Å²) in [6, 6.07) is 86.8. The van der Waals surface area contributed by atoms with E-state index in [-0.39, 0.29) is 0 Å². The van der Waals surface area contributed by atoms with Gasteiger partial charge in [0.2, 0.25) is 0 Å². The van der Waals surface area contributed by atoms with Crippen LogP contribution in [0.3, 0.4) is 0 Å². The lowest BCUT2D eigenvalue weighted by molar-refractivity contribution is 1.17. The third-order valence-corrected chi connectivity index (χ3v) is 16.8. The molecule has 0 spiro atoms. The van der Waals surface area contributed by atoms with Crippen LogP contribution in [0.15, 0.2) is 231 Å². The molecule has 0 atom stereocenters. The van der Waals surface area contributed by atoms with Crippen molar-refractivity contribution in [3.63, 3.8) is 0 Å². The van der Waals surface area contributed by atoms with Crippen LogP contribution in [0.5, 0.6) is 0 Å². The second-order valence-electron chi connectivity index (χ2n) is 22.4. The quantitative estimate of drug-likeness (QED) is 0.152.